The Hall–Kier alpha value is -3.30. The molecule has 0 atom stereocenters. The van der Waals surface area contributed by atoms with Gasteiger partial charge >= 0.3 is 6.18 Å². The van der Waals surface area contributed by atoms with E-state index in [2.05, 4.69) is 15.2 Å². The number of benzene rings is 2. The van der Waals surface area contributed by atoms with Gasteiger partial charge in [-0.25, -0.2) is 8.78 Å². The highest BCUT2D eigenvalue weighted by Gasteiger charge is 2.33. The highest BCUT2D eigenvalue weighted by atomic mass is 19.4. The van der Waals surface area contributed by atoms with E-state index in [1.54, 1.807) is 6.92 Å². The van der Waals surface area contributed by atoms with Crippen molar-refractivity contribution in [3.8, 4) is 0 Å². The van der Waals surface area contributed by atoms with Crippen LogP contribution >= 0.6 is 0 Å². The van der Waals surface area contributed by atoms with E-state index < -0.39 is 24.4 Å². The molecular weight excluding hydrogens is 381 g/mol. The Labute approximate surface area is 155 Å². The first-order chi connectivity index (χ1) is 13.2. The zero-order chi connectivity index (χ0) is 20.1. The summed E-state index contributed by atoms with van der Waals surface area (Å²) in [6.45, 7) is 0.115. The molecule has 0 saturated carbocycles. The first kappa shape index (κ1) is 18.1. The van der Waals surface area contributed by atoms with Crippen LogP contribution in [0.15, 0.2) is 42.7 Å². The van der Waals surface area contributed by atoms with E-state index in [0.29, 0.717) is 11.1 Å². The molecule has 0 saturated heterocycles. The molecule has 28 heavy (non-hydrogen) atoms. The van der Waals surface area contributed by atoms with Crippen LogP contribution in [0.2, 0.25) is 0 Å². The Morgan fingerprint density at radius 2 is 1.82 bits per heavy atom. The minimum atomic E-state index is -4.62. The third kappa shape index (κ3) is 3.32. The average Bonchev–Trinajstić information content (AvgIpc) is 3.06. The molecule has 0 aliphatic rings. The first-order valence-electron chi connectivity index (χ1n) is 8.12. The molecule has 2 heterocycles. The molecule has 0 N–H and O–H groups in total. The normalized spacial score (nSPS) is 12.1. The van der Waals surface area contributed by atoms with Gasteiger partial charge in [0.2, 0.25) is 0 Å². The maximum atomic E-state index is 13.9. The molecule has 0 aliphatic carbocycles. The molecule has 4 aromatic rings. The lowest BCUT2D eigenvalue weighted by molar-refractivity contribution is -0.118. The number of fused-ring (bicyclic) bond motifs is 3. The number of nitrogens with zero attached hydrogens (tertiary/aromatic N) is 5. The lowest BCUT2D eigenvalue weighted by Gasteiger charge is -2.26. The third-order valence-corrected chi connectivity index (χ3v) is 4.13. The van der Waals surface area contributed by atoms with E-state index in [0.717, 1.165) is 17.0 Å². The van der Waals surface area contributed by atoms with Crippen LogP contribution in [0.25, 0.3) is 16.7 Å². The standard InChI is InChI=1S/C18H12F5N5/c1-10-4-12(20)6-13(5-10)27(8-18(21,22)23)16-14-7-11(19)2-3-15(14)28-9-24-26-17(28)25-16/h2-7,9H,8H2,1H3. The highest BCUT2D eigenvalue weighted by molar-refractivity contribution is 5.93. The molecule has 0 fully saturated rings. The summed E-state index contributed by atoms with van der Waals surface area (Å²) >= 11 is 0. The molecule has 0 bridgehead atoms. The molecule has 5 nitrogen and oxygen atoms in total. The van der Waals surface area contributed by atoms with Crippen molar-refractivity contribution in [2.45, 2.75) is 13.1 Å². The first-order valence-corrected chi connectivity index (χ1v) is 8.12. The van der Waals surface area contributed by atoms with Crippen LogP contribution in [-0.2, 0) is 0 Å². The number of hydrogen-bond donors (Lipinski definition) is 0. The molecule has 0 amide bonds. The van der Waals surface area contributed by atoms with Gasteiger partial charge in [0.25, 0.3) is 5.78 Å². The van der Waals surface area contributed by atoms with E-state index in [-0.39, 0.29) is 22.7 Å². The van der Waals surface area contributed by atoms with Gasteiger partial charge in [0.1, 0.15) is 30.3 Å². The zero-order valence-corrected chi connectivity index (χ0v) is 14.4. The van der Waals surface area contributed by atoms with E-state index in [1.165, 1.54) is 35.0 Å². The number of alkyl halides is 3. The molecule has 0 aliphatic heterocycles. The molecule has 2 aromatic carbocycles. The van der Waals surface area contributed by atoms with Crippen molar-refractivity contribution >= 4 is 28.2 Å². The Kier molecular flexibility index (Phi) is 4.13. The largest absolute Gasteiger partial charge is 0.406 e. The molecule has 0 unspecified atom stereocenters. The molecule has 0 radical (unpaired) electrons. The summed E-state index contributed by atoms with van der Waals surface area (Å²) in [7, 11) is 0. The number of rotatable bonds is 3. The Balaban J connectivity index is 2.04. The molecule has 2 aromatic heterocycles. The smallest absolute Gasteiger partial charge is 0.316 e. The van der Waals surface area contributed by atoms with Crippen LogP contribution < -0.4 is 4.90 Å². The summed E-state index contributed by atoms with van der Waals surface area (Å²) in [5.41, 5.74) is 0.740. The predicted octanol–water partition coefficient (Wildman–Crippen LogP) is 4.56. The summed E-state index contributed by atoms with van der Waals surface area (Å²) in [4.78, 5) is 4.95. The van der Waals surface area contributed by atoms with E-state index >= 15 is 0 Å². The van der Waals surface area contributed by atoms with Gasteiger partial charge in [-0.1, -0.05) is 0 Å². The highest BCUT2D eigenvalue weighted by Crippen LogP contribution is 2.35. The second-order valence-electron chi connectivity index (χ2n) is 6.29. The van der Waals surface area contributed by atoms with Crippen molar-refractivity contribution in [3.05, 3.63) is 59.9 Å². The summed E-state index contributed by atoms with van der Waals surface area (Å²) in [6, 6.07) is 7.21. The van der Waals surface area contributed by atoms with Crippen molar-refractivity contribution < 1.29 is 22.0 Å². The van der Waals surface area contributed by atoms with Gasteiger partial charge in [0, 0.05) is 11.1 Å². The maximum absolute atomic E-state index is 13.9. The fourth-order valence-corrected chi connectivity index (χ4v) is 3.07. The number of aromatic nitrogens is 4. The van der Waals surface area contributed by atoms with Gasteiger partial charge in [0.15, 0.2) is 0 Å². The summed E-state index contributed by atoms with van der Waals surface area (Å²) in [5.74, 6) is -1.50. The van der Waals surface area contributed by atoms with E-state index in [9.17, 15) is 22.0 Å². The average molecular weight is 393 g/mol. The summed E-state index contributed by atoms with van der Waals surface area (Å²) in [6.07, 6.45) is -3.30. The van der Waals surface area contributed by atoms with Crippen LogP contribution in [0.4, 0.5) is 33.5 Å². The number of anilines is 2. The zero-order valence-electron chi connectivity index (χ0n) is 14.4. The quantitative estimate of drug-likeness (QED) is 0.479. The third-order valence-electron chi connectivity index (χ3n) is 4.13. The molecule has 144 valence electrons. The van der Waals surface area contributed by atoms with Gasteiger partial charge in [-0.2, -0.15) is 18.2 Å². The fraction of sp³-hybridized carbons (Fsp3) is 0.167. The lowest BCUT2D eigenvalue weighted by atomic mass is 10.1. The van der Waals surface area contributed by atoms with Crippen molar-refractivity contribution in [2.24, 2.45) is 0 Å². The number of hydrogen-bond acceptors (Lipinski definition) is 4. The molecule has 4 rings (SSSR count). The fourth-order valence-electron chi connectivity index (χ4n) is 3.07. The maximum Gasteiger partial charge on any atom is 0.406 e. The minimum absolute atomic E-state index is 0.0365. The number of halogens is 5. The topological polar surface area (TPSA) is 46.3 Å². The Morgan fingerprint density at radius 3 is 2.54 bits per heavy atom. The van der Waals surface area contributed by atoms with Gasteiger partial charge in [-0.15, -0.1) is 10.2 Å². The van der Waals surface area contributed by atoms with Gasteiger partial charge in [0.05, 0.1) is 5.52 Å². The predicted molar refractivity (Wildman–Crippen MR) is 92.4 cm³/mol. The van der Waals surface area contributed by atoms with Crippen molar-refractivity contribution in [3.63, 3.8) is 0 Å². The van der Waals surface area contributed by atoms with Gasteiger partial charge in [-0.05, 0) is 48.9 Å². The van der Waals surface area contributed by atoms with E-state index in [4.69, 9.17) is 0 Å². The second kappa shape index (κ2) is 6.39. The van der Waals surface area contributed by atoms with Crippen LogP contribution in [0, 0.1) is 18.6 Å². The summed E-state index contributed by atoms with van der Waals surface area (Å²) in [5, 5.41) is 7.60. The van der Waals surface area contributed by atoms with Crippen molar-refractivity contribution in [2.75, 3.05) is 11.4 Å². The molecular formula is C18H12F5N5. The monoisotopic (exact) mass is 393 g/mol. The van der Waals surface area contributed by atoms with Crippen LogP contribution in [0.1, 0.15) is 5.56 Å². The van der Waals surface area contributed by atoms with Gasteiger partial charge < -0.3 is 4.90 Å². The Bertz CT molecular complexity index is 1160. The summed E-state index contributed by atoms with van der Waals surface area (Å²) < 4.78 is 69.3. The van der Waals surface area contributed by atoms with Crippen LogP contribution in [0.5, 0.6) is 0 Å². The Morgan fingerprint density at radius 1 is 1.04 bits per heavy atom. The number of aryl methyl sites for hydroxylation is 1. The van der Waals surface area contributed by atoms with Crippen molar-refractivity contribution in [1.29, 1.82) is 0 Å². The van der Waals surface area contributed by atoms with E-state index in [1.807, 2.05) is 0 Å². The van der Waals surface area contributed by atoms with Gasteiger partial charge in [-0.3, -0.25) is 4.40 Å². The molecule has 0 spiro atoms. The van der Waals surface area contributed by atoms with Crippen LogP contribution in [0.3, 0.4) is 0 Å². The SMILES string of the molecule is Cc1cc(F)cc(N(CC(F)(F)F)c2nc3nncn3c3ccc(F)cc23)c1. The second-order valence-corrected chi connectivity index (χ2v) is 6.29. The molecule has 10 heteroatoms. The minimum Gasteiger partial charge on any atom is -0.316 e. The van der Waals surface area contributed by atoms with Crippen LogP contribution in [-0.4, -0.2) is 32.3 Å². The lowest BCUT2D eigenvalue weighted by Crippen LogP contribution is -2.31. The van der Waals surface area contributed by atoms with Crippen molar-refractivity contribution in [1.82, 2.24) is 19.6 Å².